The fourth-order valence-corrected chi connectivity index (χ4v) is 3.79. The number of nitrogens with one attached hydrogen (secondary N) is 1. The molecule has 1 amide bonds. The molecule has 0 atom stereocenters. The summed E-state index contributed by atoms with van der Waals surface area (Å²) in [7, 11) is 0. The highest BCUT2D eigenvalue weighted by molar-refractivity contribution is 5.75. The van der Waals surface area contributed by atoms with Crippen molar-refractivity contribution in [2.24, 2.45) is 5.41 Å². The van der Waals surface area contributed by atoms with E-state index in [1.165, 1.54) is 6.92 Å². The van der Waals surface area contributed by atoms with E-state index < -0.39 is 29.2 Å². The van der Waals surface area contributed by atoms with Crippen molar-refractivity contribution >= 4 is 11.9 Å². The van der Waals surface area contributed by atoms with Crippen molar-refractivity contribution in [3.05, 3.63) is 29.1 Å². The molecule has 14 heteroatoms. The van der Waals surface area contributed by atoms with Crippen LogP contribution in [0, 0.1) is 29.8 Å². The molecule has 0 fully saturated rings. The second-order valence-corrected chi connectivity index (χ2v) is 11.8. The number of halogens is 3. The molecule has 1 aromatic carbocycles. The van der Waals surface area contributed by atoms with E-state index in [0.29, 0.717) is 97.1 Å². The number of benzene rings is 1. The Morgan fingerprint density at radius 3 is 1.51 bits per heavy atom. The summed E-state index contributed by atoms with van der Waals surface area (Å²) in [5.41, 5.74) is 0.156. The van der Waals surface area contributed by atoms with E-state index >= 15 is 0 Å². The Bertz CT molecular complexity index is 968. The van der Waals surface area contributed by atoms with Crippen molar-refractivity contribution in [2.45, 2.75) is 59.8 Å². The highest BCUT2D eigenvalue weighted by Crippen LogP contribution is 2.27. The van der Waals surface area contributed by atoms with Crippen LogP contribution in [0.25, 0.3) is 0 Å². The number of esters is 1. The van der Waals surface area contributed by atoms with E-state index in [9.17, 15) is 22.8 Å². The van der Waals surface area contributed by atoms with Gasteiger partial charge >= 0.3 is 5.97 Å². The lowest BCUT2D eigenvalue weighted by Crippen LogP contribution is -2.25. The fraction of sp³-hybridized carbons (Fsp3) is 0.758. The van der Waals surface area contributed by atoms with Crippen LogP contribution in [0.4, 0.5) is 13.2 Å². The van der Waals surface area contributed by atoms with Crippen LogP contribution in [-0.4, -0.2) is 111 Å². The van der Waals surface area contributed by atoms with E-state index in [1.54, 1.807) is 0 Å². The van der Waals surface area contributed by atoms with Gasteiger partial charge in [-0.15, -0.1) is 0 Å². The number of hydrogen-bond acceptors (Lipinski definition) is 10. The summed E-state index contributed by atoms with van der Waals surface area (Å²) in [6.07, 6.45) is 3.32. The summed E-state index contributed by atoms with van der Waals surface area (Å²) in [6.45, 7) is 13.5. The largest absolute Gasteiger partial charge is 0.420 e. The van der Waals surface area contributed by atoms with Crippen LogP contribution >= 0.6 is 0 Å². The van der Waals surface area contributed by atoms with Crippen molar-refractivity contribution in [2.75, 3.05) is 99.0 Å². The van der Waals surface area contributed by atoms with Gasteiger partial charge in [0.1, 0.15) is 0 Å². The third-order valence-electron chi connectivity index (χ3n) is 6.35. The minimum absolute atomic E-state index is 0.0102. The standard InChI is InChI=1S/C33H54F3NO10/c1-26-25-27(34)31(36)32(30(26)35)47-29(39)8-12-41-14-16-43-18-20-45-22-24-46-23-21-44-19-17-42-15-13-40-11-7-28(38)37-10-6-5-9-33(2,3)4/h25H,5-24H2,1-4H3,(H,37,38). The lowest BCUT2D eigenvalue weighted by atomic mass is 9.90. The molecule has 0 aromatic heterocycles. The summed E-state index contributed by atoms with van der Waals surface area (Å²) in [5.74, 6) is -5.97. The van der Waals surface area contributed by atoms with Crippen LogP contribution in [0.3, 0.4) is 0 Å². The summed E-state index contributed by atoms with van der Waals surface area (Å²) in [6, 6.07) is 0.685. The predicted molar refractivity (Wildman–Crippen MR) is 168 cm³/mol. The molecule has 0 aliphatic rings. The van der Waals surface area contributed by atoms with Gasteiger partial charge in [0.15, 0.2) is 11.6 Å². The monoisotopic (exact) mass is 681 g/mol. The number of aryl methyl sites for hydroxylation is 1. The zero-order valence-electron chi connectivity index (χ0n) is 28.4. The molecule has 0 heterocycles. The molecule has 11 nitrogen and oxygen atoms in total. The molecule has 0 aliphatic heterocycles. The van der Waals surface area contributed by atoms with E-state index in [0.717, 1.165) is 19.3 Å². The molecule has 0 bridgehead atoms. The molecule has 0 spiro atoms. The quantitative estimate of drug-likeness (QED) is 0.0559. The first-order valence-electron chi connectivity index (χ1n) is 16.2. The Balaban J connectivity index is 1.78. The summed E-state index contributed by atoms with van der Waals surface area (Å²) < 4.78 is 83.3. The molecular formula is C33H54F3NO10. The number of carbonyl (C=O) groups is 2. The molecule has 0 saturated carbocycles. The highest BCUT2D eigenvalue weighted by atomic mass is 19.2. The number of carbonyl (C=O) groups excluding carboxylic acids is 2. The Morgan fingerprint density at radius 1 is 0.638 bits per heavy atom. The molecule has 47 heavy (non-hydrogen) atoms. The lowest BCUT2D eigenvalue weighted by molar-refractivity contribution is -0.136. The summed E-state index contributed by atoms with van der Waals surface area (Å²) in [4.78, 5) is 23.6. The highest BCUT2D eigenvalue weighted by Gasteiger charge is 2.21. The van der Waals surface area contributed by atoms with E-state index in [1.807, 2.05) is 0 Å². The molecule has 1 N–H and O–H groups in total. The van der Waals surface area contributed by atoms with Crippen molar-refractivity contribution in [3.8, 4) is 5.75 Å². The number of unbranched alkanes of at least 4 members (excludes halogenated alkanes) is 1. The van der Waals surface area contributed by atoms with E-state index in [4.69, 9.17) is 33.2 Å². The summed E-state index contributed by atoms with van der Waals surface area (Å²) >= 11 is 0. The van der Waals surface area contributed by atoms with Crippen LogP contribution in [0.2, 0.25) is 0 Å². The number of hydrogen-bond donors (Lipinski definition) is 1. The van der Waals surface area contributed by atoms with Crippen LogP contribution in [-0.2, 0) is 42.7 Å². The number of rotatable bonds is 29. The molecule has 0 radical (unpaired) electrons. The molecule has 0 aliphatic carbocycles. The number of amides is 1. The van der Waals surface area contributed by atoms with Crippen molar-refractivity contribution in [3.63, 3.8) is 0 Å². The van der Waals surface area contributed by atoms with Crippen LogP contribution in [0.15, 0.2) is 6.07 Å². The molecular weight excluding hydrogens is 627 g/mol. The zero-order chi connectivity index (χ0) is 34.8. The molecule has 272 valence electrons. The van der Waals surface area contributed by atoms with Crippen LogP contribution < -0.4 is 10.1 Å². The van der Waals surface area contributed by atoms with Crippen molar-refractivity contribution < 1.29 is 60.7 Å². The van der Waals surface area contributed by atoms with Crippen LogP contribution in [0.5, 0.6) is 5.75 Å². The zero-order valence-corrected chi connectivity index (χ0v) is 28.4. The lowest BCUT2D eigenvalue weighted by Gasteiger charge is -2.17. The van der Waals surface area contributed by atoms with Crippen LogP contribution in [0.1, 0.15) is 58.4 Å². The second-order valence-electron chi connectivity index (χ2n) is 11.8. The Morgan fingerprint density at radius 2 is 1.06 bits per heavy atom. The topological polar surface area (TPSA) is 120 Å². The first kappa shape index (κ1) is 42.7. The van der Waals surface area contributed by atoms with Gasteiger partial charge in [0.2, 0.25) is 17.5 Å². The first-order chi connectivity index (χ1) is 22.5. The predicted octanol–water partition coefficient (Wildman–Crippen LogP) is 4.55. The normalized spacial score (nSPS) is 11.6. The van der Waals surface area contributed by atoms with E-state index in [2.05, 4.69) is 30.8 Å². The average Bonchev–Trinajstić information content (AvgIpc) is 3.01. The number of ether oxygens (including phenoxy) is 8. The molecule has 1 aromatic rings. The fourth-order valence-electron chi connectivity index (χ4n) is 3.79. The van der Waals surface area contributed by atoms with Crippen molar-refractivity contribution in [1.82, 2.24) is 5.32 Å². The minimum Gasteiger partial charge on any atom is -0.420 e. The smallest absolute Gasteiger partial charge is 0.313 e. The van der Waals surface area contributed by atoms with Gasteiger partial charge in [-0.3, -0.25) is 9.59 Å². The average molecular weight is 682 g/mol. The Kier molecular flexibility index (Phi) is 24.2. The molecule has 0 saturated heterocycles. The molecule has 0 unspecified atom stereocenters. The van der Waals surface area contributed by atoms with E-state index in [-0.39, 0.29) is 37.7 Å². The third kappa shape index (κ3) is 23.6. The molecule has 1 rings (SSSR count). The van der Waals surface area contributed by atoms with Gasteiger partial charge in [-0.1, -0.05) is 27.2 Å². The van der Waals surface area contributed by atoms with Gasteiger partial charge in [0.05, 0.1) is 98.9 Å². The maximum Gasteiger partial charge on any atom is 0.313 e. The van der Waals surface area contributed by atoms with Gasteiger partial charge in [-0.25, -0.2) is 8.78 Å². The maximum absolute atomic E-state index is 13.9. The van der Waals surface area contributed by atoms with Gasteiger partial charge in [0, 0.05) is 13.0 Å². The van der Waals surface area contributed by atoms with Gasteiger partial charge in [0.25, 0.3) is 0 Å². The van der Waals surface area contributed by atoms with Gasteiger partial charge < -0.3 is 43.2 Å². The maximum atomic E-state index is 13.9. The SMILES string of the molecule is Cc1cc(F)c(F)c(OC(=O)CCOCCOCCOCCOCCOCCOCCOCCC(=O)NCCCCC(C)(C)C)c1F. The van der Waals surface area contributed by atoms with Crippen molar-refractivity contribution in [1.29, 1.82) is 0 Å². The third-order valence-corrected chi connectivity index (χ3v) is 6.35. The van der Waals surface area contributed by atoms with Gasteiger partial charge in [-0.2, -0.15) is 4.39 Å². The van der Waals surface area contributed by atoms with Gasteiger partial charge in [-0.05, 0) is 36.8 Å². The second kappa shape index (κ2) is 26.6. The first-order valence-corrected chi connectivity index (χ1v) is 16.2. The summed E-state index contributed by atoms with van der Waals surface area (Å²) in [5, 5.41) is 2.92. The minimum atomic E-state index is -1.55. The Labute approximate surface area is 277 Å². The Hall–Kier alpha value is -2.33.